The summed E-state index contributed by atoms with van der Waals surface area (Å²) in [6.45, 7) is 1.27. The molecule has 88 valence electrons. The molecule has 1 aromatic carbocycles. The van der Waals surface area contributed by atoms with Gasteiger partial charge in [0, 0.05) is 18.8 Å². The highest BCUT2D eigenvalue weighted by Crippen LogP contribution is 2.16. The molecule has 17 heavy (non-hydrogen) atoms. The maximum Gasteiger partial charge on any atom is 0.321 e. The van der Waals surface area contributed by atoms with Gasteiger partial charge in [0.15, 0.2) is 0 Å². The molecular formula is C13H15N3O. The smallest absolute Gasteiger partial charge is 0.321 e. The summed E-state index contributed by atoms with van der Waals surface area (Å²) in [6, 6.07) is 11.5. The van der Waals surface area contributed by atoms with E-state index in [9.17, 15) is 4.79 Å². The average Bonchev–Trinajstić information content (AvgIpc) is 2.40. The minimum atomic E-state index is -0.115. The number of amides is 2. The van der Waals surface area contributed by atoms with E-state index in [-0.39, 0.29) is 11.9 Å². The van der Waals surface area contributed by atoms with Gasteiger partial charge in [-0.25, -0.2) is 4.79 Å². The zero-order chi connectivity index (χ0) is 12.1. The average molecular weight is 229 g/mol. The van der Waals surface area contributed by atoms with E-state index >= 15 is 0 Å². The van der Waals surface area contributed by atoms with Crippen molar-refractivity contribution in [3.63, 3.8) is 0 Å². The normalized spacial score (nSPS) is 19.5. The maximum atomic E-state index is 11.9. The molecule has 1 heterocycles. The van der Waals surface area contributed by atoms with Crippen molar-refractivity contribution < 1.29 is 4.79 Å². The largest absolute Gasteiger partial charge is 0.323 e. The number of carbonyl (C=O) groups excluding carboxylic acids is 1. The second kappa shape index (κ2) is 5.35. The van der Waals surface area contributed by atoms with Gasteiger partial charge in [-0.2, -0.15) is 5.26 Å². The van der Waals surface area contributed by atoms with Crippen LogP contribution in [0.4, 0.5) is 10.5 Å². The summed E-state index contributed by atoms with van der Waals surface area (Å²) < 4.78 is 0. The van der Waals surface area contributed by atoms with E-state index < -0.39 is 0 Å². The number of nitriles is 1. The molecule has 4 nitrogen and oxygen atoms in total. The number of piperidine rings is 1. The fourth-order valence-electron chi connectivity index (χ4n) is 1.99. The van der Waals surface area contributed by atoms with Gasteiger partial charge >= 0.3 is 6.03 Å². The van der Waals surface area contributed by atoms with Crippen LogP contribution in [0.1, 0.15) is 12.8 Å². The van der Waals surface area contributed by atoms with E-state index in [1.54, 1.807) is 4.90 Å². The lowest BCUT2D eigenvalue weighted by Gasteiger charge is -2.29. The first-order valence-corrected chi connectivity index (χ1v) is 5.80. The van der Waals surface area contributed by atoms with Crippen molar-refractivity contribution in [2.24, 2.45) is 5.92 Å². The second-order valence-electron chi connectivity index (χ2n) is 4.21. The highest BCUT2D eigenvalue weighted by molar-refractivity contribution is 5.89. The zero-order valence-electron chi connectivity index (χ0n) is 9.60. The third-order valence-electron chi connectivity index (χ3n) is 2.92. The van der Waals surface area contributed by atoms with Crippen LogP contribution in [0.5, 0.6) is 0 Å². The lowest BCUT2D eigenvalue weighted by atomic mass is 10.0. The molecular weight excluding hydrogens is 214 g/mol. The molecule has 0 saturated carbocycles. The summed E-state index contributed by atoms with van der Waals surface area (Å²) in [7, 11) is 0. The van der Waals surface area contributed by atoms with E-state index in [0.29, 0.717) is 6.54 Å². The highest BCUT2D eigenvalue weighted by atomic mass is 16.2. The number of nitrogens with zero attached hydrogens (tertiary/aromatic N) is 2. The molecule has 0 aromatic heterocycles. The van der Waals surface area contributed by atoms with Crippen LogP contribution >= 0.6 is 0 Å². The molecule has 1 unspecified atom stereocenters. The Hall–Kier alpha value is -2.02. The Bertz CT molecular complexity index is 424. The molecule has 0 aliphatic carbocycles. The van der Waals surface area contributed by atoms with E-state index in [4.69, 9.17) is 5.26 Å². The molecule has 1 N–H and O–H groups in total. The Balaban J connectivity index is 1.94. The number of urea groups is 1. The number of para-hydroxylation sites is 1. The Morgan fingerprint density at radius 2 is 2.18 bits per heavy atom. The lowest BCUT2D eigenvalue weighted by Crippen LogP contribution is -2.42. The van der Waals surface area contributed by atoms with E-state index in [2.05, 4.69) is 11.4 Å². The highest BCUT2D eigenvalue weighted by Gasteiger charge is 2.23. The maximum absolute atomic E-state index is 11.9. The van der Waals surface area contributed by atoms with E-state index in [1.165, 1.54) is 0 Å². The first-order chi connectivity index (χ1) is 8.29. The SMILES string of the molecule is N#CC1CCCN(C(=O)Nc2ccccc2)C1. The first-order valence-electron chi connectivity index (χ1n) is 5.80. The topological polar surface area (TPSA) is 56.1 Å². The summed E-state index contributed by atoms with van der Waals surface area (Å²) in [4.78, 5) is 13.6. The van der Waals surface area contributed by atoms with Crippen LogP contribution in [0.15, 0.2) is 30.3 Å². The van der Waals surface area contributed by atoms with Crippen LogP contribution < -0.4 is 5.32 Å². The van der Waals surface area contributed by atoms with Gasteiger partial charge < -0.3 is 10.2 Å². The molecule has 1 saturated heterocycles. The summed E-state index contributed by atoms with van der Waals surface area (Å²) in [5.41, 5.74) is 0.789. The summed E-state index contributed by atoms with van der Waals surface area (Å²) in [5, 5.41) is 11.7. The molecule has 2 rings (SSSR count). The van der Waals surface area contributed by atoms with Gasteiger partial charge in [0.05, 0.1) is 12.0 Å². The van der Waals surface area contributed by atoms with Crippen molar-refractivity contribution in [1.82, 2.24) is 4.90 Å². The molecule has 4 heteroatoms. The molecule has 0 spiro atoms. The Labute approximate surface area is 101 Å². The fraction of sp³-hybridized carbons (Fsp3) is 0.385. The molecule has 2 amide bonds. The number of carbonyl (C=O) groups is 1. The van der Waals surface area contributed by atoms with Crippen LogP contribution in [-0.2, 0) is 0 Å². The molecule has 1 aromatic rings. The van der Waals surface area contributed by atoms with E-state index in [0.717, 1.165) is 25.1 Å². The number of likely N-dealkylation sites (tertiary alicyclic amines) is 1. The molecule has 1 fully saturated rings. The molecule has 1 aliphatic heterocycles. The number of nitrogens with one attached hydrogen (secondary N) is 1. The summed E-state index contributed by atoms with van der Waals surface area (Å²) in [6.07, 6.45) is 1.80. The Morgan fingerprint density at radius 3 is 2.88 bits per heavy atom. The summed E-state index contributed by atoms with van der Waals surface area (Å²) in [5.74, 6) is -0.0229. The zero-order valence-corrected chi connectivity index (χ0v) is 9.60. The van der Waals surface area contributed by atoms with Gasteiger partial charge in [0.2, 0.25) is 0 Å². The minimum Gasteiger partial charge on any atom is -0.323 e. The van der Waals surface area contributed by atoms with Crippen LogP contribution in [0.2, 0.25) is 0 Å². The third-order valence-corrected chi connectivity index (χ3v) is 2.92. The predicted molar refractivity (Wildman–Crippen MR) is 65.4 cm³/mol. The van der Waals surface area contributed by atoms with Gasteiger partial charge in [-0.15, -0.1) is 0 Å². The van der Waals surface area contributed by atoms with Crippen LogP contribution in [0, 0.1) is 17.2 Å². The number of benzene rings is 1. The van der Waals surface area contributed by atoms with Crippen LogP contribution in [0.25, 0.3) is 0 Å². The number of rotatable bonds is 1. The predicted octanol–water partition coefficient (Wildman–Crippen LogP) is 2.45. The quantitative estimate of drug-likeness (QED) is 0.804. The van der Waals surface area contributed by atoms with Gasteiger partial charge in [-0.3, -0.25) is 0 Å². The number of hydrogen-bond donors (Lipinski definition) is 1. The van der Waals surface area contributed by atoms with Crippen molar-refractivity contribution >= 4 is 11.7 Å². The Morgan fingerprint density at radius 1 is 1.41 bits per heavy atom. The van der Waals surface area contributed by atoms with Gasteiger partial charge in [0.1, 0.15) is 0 Å². The number of hydrogen-bond acceptors (Lipinski definition) is 2. The van der Waals surface area contributed by atoms with E-state index in [1.807, 2.05) is 30.3 Å². The number of anilines is 1. The van der Waals surface area contributed by atoms with Crippen molar-refractivity contribution in [2.75, 3.05) is 18.4 Å². The Kier molecular flexibility index (Phi) is 3.61. The van der Waals surface area contributed by atoms with Crippen LogP contribution in [-0.4, -0.2) is 24.0 Å². The van der Waals surface area contributed by atoms with Crippen molar-refractivity contribution in [2.45, 2.75) is 12.8 Å². The van der Waals surface area contributed by atoms with Crippen molar-refractivity contribution in [3.05, 3.63) is 30.3 Å². The van der Waals surface area contributed by atoms with Crippen LogP contribution in [0.3, 0.4) is 0 Å². The van der Waals surface area contributed by atoms with Gasteiger partial charge in [-0.1, -0.05) is 18.2 Å². The lowest BCUT2D eigenvalue weighted by molar-refractivity contribution is 0.189. The minimum absolute atomic E-state index is 0.0229. The van der Waals surface area contributed by atoms with Gasteiger partial charge in [0.25, 0.3) is 0 Å². The third kappa shape index (κ3) is 2.97. The second-order valence-corrected chi connectivity index (χ2v) is 4.21. The van der Waals surface area contributed by atoms with Crippen molar-refractivity contribution in [3.8, 4) is 6.07 Å². The molecule has 1 atom stereocenters. The van der Waals surface area contributed by atoms with Gasteiger partial charge in [-0.05, 0) is 25.0 Å². The molecule has 1 aliphatic rings. The first kappa shape index (κ1) is 11.5. The van der Waals surface area contributed by atoms with Crippen molar-refractivity contribution in [1.29, 1.82) is 5.26 Å². The monoisotopic (exact) mass is 229 g/mol. The fourth-order valence-corrected chi connectivity index (χ4v) is 1.99. The molecule has 0 radical (unpaired) electrons. The molecule has 0 bridgehead atoms. The summed E-state index contributed by atoms with van der Waals surface area (Å²) >= 11 is 0. The standard InChI is InChI=1S/C13H15N3O/c14-9-11-5-4-8-16(10-11)13(17)15-12-6-2-1-3-7-12/h1-3,6-7,11H,4-5,8,10H2,(H,15,17).